The van der Waals surface area contributed by atoms with Gasteiger partial charge in [-0.3, -0.25) is 4.79 Å². The van der Waals surface area contributed by atoms with Gasteiger partial charge >= 0.3 is 0 Å². The highest BCUT2D eigenvalue weighted by atomic mass is 19.1. The van der Waals surface area contributed by atoms with Crippen LogP contribution in [0.25, 0.3) is 0 Å². The van der Waals surface area contributed by atoms with Crippen LogP contribution >= 0.6 is 0 Å². The van der Waals surface area contributed by atoms with Crippen molar-refractivity contribution in [3.63, 3.8) is 0 Å². The van der Waals surface area contributed by atoms with Crippen LogP contribution in [0.2, 0.25) is 0 Å². The van der Waals surface area contributed by atoms with E-state index in [0.29, 0.717) is 47.5 Å². The van der Waals surface area contributed by atoms with Crippen LogP contribution in [0.1, 0.15) is 43.2 Å². The summed E-state index contributed by atoms with van der Waals surface area (Å²) in [5.41, 5.74) is 3.19. The molecular weight excluding hydrogens is 549 g/mol. The second kappa shape index (κ2) is 13.4. The number of ether oxygens (including phenoxy) is 2. The van der Waals surface area contributed by atoms with E-state index < -0.39 is 0 Å². The maximum atomic E-state index is 13.3. The molecule has 4 aromatic rings. The summed E-state index contributed by atoms with van der Waals surface area (Å²) in [6, 6.07) is 19.2. The molecule has 0 unspecified atom stereocenters. The van der Waals surface area contributed by atoms with Gasteiger partial charge in [0.05, 0.1) is 6.42 Å². The zero-order valence-electron chi connectivity index (χ0n) is 23.7. The highest BCUT2D eigenvalue weighted by molar-refractivity contribution is 5.92. The van der Waals surface area contributed by atoms with E-state index in [0.717, 1.165) is 23.4 Å². The molecule has 0 bridgehead atoms. The third kappa shape index (κ3) is 7.88. The molecule has 2 heterocycles. The zero-order chi connectivity index (χ0) is 29.4. The number of fused-ring (bicyclic) bond motifs is 1. The standard InChI is InChI=1S/C32H34FN7O3/c33-24-10-6-23(7-11-24)19-35-31-38-30(34-18-22-4-2-1-3-5-22)39-32(40-31)37-25-12-8-21(9-13-25)16-29(41)36-26-14-15-27-28(17-26)43-20-42-27/h6-15,17,22H,1-5,16,18-20H2,(H,36,41)(H3,34,35,37,38,39,40). The van der Waals surface area contributed by atoms with Gasteiger partial charge in [-0.25, -0.2) is 4.39 Å². The smallest absolute Gasteiger partial charge is 0.233 e. The molecule has 1 aliphatic carbocycles. The van der Waals surface area contributed by atoms with E-state index in [9.17, 15) is 9.18 Å². The molecule has 222 valence electrons. The number of aromatic nitrogens is 3. The number of carbonyl (C=O) groups is 1. The molecule has 1 aromatic heterocycles. The normalized spacial score (nSPS) is 14.3. The number of carbonyl (C=O) groups excluding carboxylic acids is 1. The van der Waals surface area contributed by atoms with Gasteiger partial charge in [0.15, 0.2) is 11.5 Å². The fourth-order valence-electron chi connectivity index (χ4n) is 5.20. The van der Waals surface area contributed by atoms with Crippen molar-refractivity contribution in [2.24, 2.45) is 5.92 Å². The lowest BCUT2D eigenvalue weighted by Crippen LogP contribution is -2.19. The van der Waals surface area contributed by atoms with Crippen LogP contribution in [-0.4, -0.2) is 34.2 Å². The Morgan fingerprint density at radius 2 is 1.44 bits per heavy atom. The van der Waals surface area contributed by atoms with Gasteiger partial charge in [0.1, 0.15) is 5.82 Å². The second-order valence-corrected chi connectivity index (χ2v) is 10.8. The van der Waals surface area contributed by atoms with Gasteiger partial charge in [-0.05, 0) is 66.3 Å². The molecule has 1 amide bonds. The Morgan fingerprint density at radius 1 is 0.767 bits per heavy atom. The SMILES string of the molecule is O=C(Cc1ccc(Nc2nc(NCc3ccc(F)cc3)nc(NCC3CCCCC3)n2)cc1)Nc1ccc2c(c1)OCO2. The minimum Gasteiger partial charge on any atom is -0.454 e. The first-order valence-electron chi connectivity index (χ1n) is 14.6. The van der Waals surface area contributed by atoms with Crippen LogP contribution in [0.3, 0.4) is 0 Å². The summed E-state index contributed by atoms with van der Waals surface area (Å²) in [4.78, 5) is 26.4. The van der Waals surface area contributed by atoms with Crippen LogP contribution in [0.5, 0.6) is 11.5 Å². The Balaban J connectivity index is 1.09. The summed E-state index contributed by atoms with van der Waals surface area (Å²) in [6.45, 7) is 1.43. The molecule has 11 heteroatoms. The quantitative estimate of drug-likeness (QED) is 0.162. The van der Waals surface area contributed by atoms with E-state index in [4.69, 9.17) is 9.47 Å². The van der Waals surface area contributed by atoms with E-state index in [2.05, 4.69) is 36.2 Å². The fourth-order valence-corrected chi connectivity index (χ4v) is 5.20. The van der Waals surface area contributed by atoms with Crippen molar-refractivity contribution in [1.29, 1.82) is 0 Å². The molecule has 43 heavy (non-hydrogen) atoms. The topological polar surface area (TPSA) is 122 Å². The molecule has 1 fully saturated rings. The Labute approximate surface area is 249 Å². The molecule has 1 aliphatic heterocycles. The molecular formula is C32H34FN7O3. The average molecular weight is 584 g/mol. The number of amides is 1. The van der Waals surface area contributed by atoms with E-state index in [1.807, 2.05) is 24.3 Å². The summed E-state index contributed by atoms with van der Waals surface area (Å²) in [5.74, 6) is 2.76. The largest absolute Gasteiger partial charge is 0.454 e. The molecule has 0 spiro atoms. The number of rotatable bonds is 11. The van der Waals surface area contributed by atoms with E-state index in [1.165, 1.54) is 44.2 Å². The summed E-state index contributed by atoms with van der Waals surface area (Å²) >= 11 is 0. The Morgan fingerprint density at radius 3 is 2.23 bits per heavy atom. The maximum absolute atomic E-state index is 13.3. The van der Waals surface area contributed by atoms with Crippen molar-refractivity contribution in [3.8, 4) is 11.5 Å². The summed E-state index contributed by atoms with van der Waals surface area (Å²) in [5, 5.41) is 12.8. The number of hydrogen-bond acceptors (Lipinski definition) is 9. The first kappa shape index (κ1) is 28.2. The number of nitrogens with one attached hydrogen (secondary N) is 4. The molecule has 0 atom stereocenters. The lowest BCUT2D eigenvalue weighted by molar-refractivity contribution is -0.115. The molecule has 2 aliphatic rings. The number of nitrogens with zero attached hydrogens (tertiary/aromatic N) is 3. The van der Waals surface area contributed by atoms with Gasteiger partial charge in [-0.1, -0.05) is 43.5 Å². The highest BCUT2D eigenvalue weighted by Gasteiger charge is 2.16. The Kier molecular flexibility index (Phi) is 8.77. The molecule has 6 rings (SSSR count). The van der Waals surface area contributed by atoms with Crippen LogP contribution in [0.4, 0.5) is 33.6 Å². The Bertz CT molecular complexity index is 1540. The monoisotopic (exact) mass is 583 g/mol. The van der Waals surface area contributed by atoms with Gasteiger partial charge in [-0.15, -0.1) is 0 Å². The first-order chi connectivity index (χ1) is 21.1. The number of benzene rings is 3. The minimum absolute atomic E-state index is 0.136. The third-order valence-electron chi connectivity index (χ3n) is 7.50. The zero-order valence-corrected chi connectivity index (χ0v) is 23.7. The van der Waals surface area contributed by atoms with E-state index in [-0.39, 0.29) is 24.9 Å². The van der Waals surface area contributed by atoms with Crippen molar-refractivity contribution < 1.29 is 18.7 Å². The first-order valence-corrected chi connectivity index (χ1v) is 14.6. The summed E-state index contributed by atoms with van der Waals surface area (Å²) < 4.78 is 24.0. The predicted molar refractivity (Wildman–Crippen MR) is 163 cm³/mol. The van der Waals surface area contributed by atoms with Gasteiger partial charge in [-0.2, -0.15) is 15.0 Å². The number of anilines is 5. The average Bonchev–Trinajstić information content (AvgIpc) is 3.49. The minimum atomic E-state index is -0.277. The molecule has 0 saturated heterocycles. The highest BCUT2D eigenvalue weighted by Crippen LogP contribution is 2.34. The summed E-state index contributed by atoms with van der Waals surface area (Å²) in [6.07, 6.45) is 6.46. The number of hydrogen-bond donors (Lipinski definition) is 4. The molecule has 10 nitrogen and oxygen atoms in total. The van der Waals surface area contributed by atoms with Crippen LogP contribution in [0, 0.1) is 11.7 Å². The Hall–Kier alpha value is -4.93. The second-order valence-electron chi connectivity index (χ2n) is 10.8. The lowest BCUT2D eigenvalue weighted by atomic mass is 9.89. The van der Waals surface area contributed by atoms with Crippen LogP contribution in [-0.2, 0) is 17.8 Å². The van der Waals surface area contributed by atoms with Gasteiger partial charge in [0.2, 0.25) is 30.5 Å². The van der Waals surface area contributed by atoms with Crippen LogP contribution < -0.4 is 30.7 Å². The van der Waals surface area contributed by atoms with Crippen molar-refractivity contribution in [2.75, 3.05) is 34.6 Å². The molecule has 1 saturated carbocycles. The lowest BCUT2D eigenvalue weighted by Gasteiger charge is -2.21. The van der Waals surface area contributed by atoms with Crippen molar-refractivity contribution in [2.45, 2.75) is 45.1 Å². The van der Waals surface area contributed by atoms with E-state index >= 15 is 0 Å². The molecule has 0 radical (unpaired) electrons. The number of halogens is 1. The predicted octanol–water partition coefficient (Wildman–Crippen LogP) is 6.27. The molecule has 3 aromatic carbocycles. The van der Waals surface area contributed by atoms with E-state index in [1.54, 1.807) is 30.3 Å². The summed E-state index contributed by atoms with van der Waals surface area (Å²) in [7, 11) is 0. The fraction of sp³-hybridized carbons (Fsp3) is 0.312. The van der Waals surface area contributed by atoms with Gasteiger partial charge < -0.3 is 30.7 Å². The van der Waals surface area contributed by atoms with Crippen LogP contribution in [0.15, 0.2) is 66.7 Å². The maximum Gasteiger partial charge on any atom is 0.233 e. The molecule has 4 N–H and O–H groups in total. The van der Waals surface area contributed by atoms with Crippen molar-refractivity contribution >= 4 is 35.1 Å². The van der Waals surface area contributed by atoms with Gasteiger partial charge in [0.25, 0.3) is 0 Å². The van der Waals surface area contributed by atoms with Crippen molar-refractivity contribution in [1.82, 2.24) is 15.0 Å². The van der Waals surface area contributed by atoms with Gasteiger partial charge in [0, 0.05) is 30.5 Å². The van der Waals surface area contributed by atoms with Crippen molar-refractivity contribution in [3.05, 3.63) is 83.7 Å². The third-order valence-corrected chi connectivity index (χ3v) is 7.50.